The van der Waals surface area contributed by atoms with Crippen LogP contribution in [-0.2, 0) is 4.79 Å². The molecule has 28 heavy (non-hydrogen) atoms. The Morgan fingerprint density at radius 1 is 1.11 bits per heavy atom. The molecular weight excluding hydrogens is 362 g/mol. The van der Waals surface area contributed by atoms with Gasteiger partial charge in [-0.15, -0.1) is 0 Å². The Morgan fingerprint density at radius 3 is 2.25 bits per heavy atom. The first-order valence-electron chi connectivity index (χ1n) is 8.91. The van der Waals surface area contributed by atoms with Gasteiger partial charge in [-0.3, -0.25) is 9.59 Å². The van der Waals surface area contributed by atoms with Crippen molar-refractivity contribution in [3.05, 3.63) is 53.1 Å². The first kappa shape index (κ1) is 19.5. The number of methoxy groups -OCH3 is 2. The van der Waals surface area contributed by atoms with E-state index >= 15 is 0 Å². The molecule has 148 valence electrons. The maximum Gasteiger partial charge on any atom is 0.313 e. The van der Waals surface area contributed by atoms with E-state index in [0.717, 1.165) is 0 Å². The summed E-state index contributed by atoms with van der Waals surface area (Å²) >= 11 is 0. The van der Waals surface area contributed by atoms with Crippen LogP contribution in [0.25, 0.3) is 0 Å². The molecule has 1 heterocycles. The van der Waals surface area contributed by atoms with E-state index < -0.39 is 17.9 Å². The Hall–Kier alpha value is -3.22. The number of carbonyl (C=O) groups excluding carboxylic acids is 1. The fraction of sp³-hybridized carbons (Fsp3) is 0.333. The molecule has 2 unspecified atom stereocenters. The number of aliphatic carboxylic acids is 1. The van der Waals surface area contributed by atoms with Gasteiger partial charge in [-0.1, -0.05) is 12.1 Å². The highest BCUT2D eigenvalue weighted by Crippen LogP contribution is 2.45. The van der Waals surface area contributed by atoms with Crippen LogP contribution in [0.4, 0.5) is 0 Å². The summed E-state index contributed by atoms with van der Waals surface area (Å²) in [5.74, 6) is -0.786. The molecule has 0 aliphatic carbocycles. The number of nitrogens with zero attached hydrogens (tertiary/aromatic N) is 1. The lowest BCUT2D eigenvalue weighted by Crippen LogP contribution is -2.42. The van der Waals surface area contributed by atoms with Gasteiger partial charge in [0, 0.05) is 12.6 Å². The number of hydrogen-bond donors (Lipinski definition) is 1. The van der Waals surface area contributed by atoms with E-state index in [1.165, 1.54) is 25.2 Å². The fourth-order valence-corrected chi connectivity index (χ4v) is 3.66. The molecule has 1 aliphatic heterocycles. The van der Waals surface area contributed by atoms with Gasteiger partial charge in [0.15, 0.2) is 11.5 Å². The van der Waals surface area contributed by atoms with Crippen molar-refractivity contribution in [3.8, 4) is 17.2 Å². The molecule has 0 bridgehead atoms. The second kappa shape index (κ2) is 7.80. The predicted octanol–water partition coefficient (Wildman–Crippen LogP) is 3.10. The lowest BCUT2D eigenvalue weighted by Gasteiger charge is -2.39. The second-order valence-corrected chi connectivity index (χ2v) is 6.47. The molecule has 1 N–H and O–H groups in total. The zero-order valence-corrected chi connectivity index (χ0v) is 16.3. The van der Waals surface area contributed by atoms with Crippen LogP contribution in [0.15, 0.2) is 36.4 Å². The molecule has 0 saturated heterocycles. The predicted molar refractivity (Wildman–Crippen MR) is 102 cm³/mol. The number of carboxylic acid groups (broad SMARTS) is 1. The van der Waals surface area contributed by atoms with Crippen LogP contribution in [0.5, 0.6) is 17.2 Å². The van der Waals surface area contributed by atoms with Crippen LogP contribution >= 0.6 is 0 Å². The highest BCUT2D eigenvalue weighted by atomic mass is 16.5. The lowest BCUT2D eigenvalue weighted by atomic mass is 9.80. The largest absolute Gasteiger partial charge is 0.494 e. The number of benzene rings is 2. The minimum Gasteiger partial charge on any atom is -0.494 e. The van der Waals surface area contributed by atoms with E-state index in [9.17, 15) is 14.7 Å². The molecule has 0 radical (unpaired) electrons. The number of hydrogen-bond acceptors (Lipinski definition) is 5. The molecule has 0 spiro atoms. The number of ether oxygens (including phenoxy) is 3. The van der Waals surface area contributed by atoms with Crippen molar-refractivity contribution in [1.82, 2.24) is 4.90 Å². The number of rotatable bonds is 6. The molecule has 1 amide bonds. The monoisotopic (exact) mass is 385 g/mol. The number of fused-ring (bicyclic) bond motifs is 1. The zero-order chi connectivity index (χ0) is 20.4. The average Bonchev–Trinajstić information content (AvgIpc) is 2.70. The van der Waals surface area contributed by atoms with E-state index in [4.69, 9.17) is 14.2 Å². The normalized spacial score (nSPS) is 18.4. The number of likely N-dealkylation sites (N-methyl/N-ethyl adjacent to an activating group) is 1. The van der Waals surface area contributed by atoms with Crippen molar-refractivity contribution in [2.45, 2.75) is 18.9 Å². The van der Waals surface area contributed by atoms with Gasteiger partial charge in [0.2, 0.25) is 0 Å². The van der Waals surface area contributed by atoms with Gasteiger partial charge in [-0.2, -0.15) is 0 Å². The first-order chi connectivity index (χ1) is 13.4. The van der Waals surface area contributed by atoms with Crippen LogP contribution < -0.4 is 14.2 Å². The van der Waals surface area contributed by atoms with E-state index in [1.54, 1.807) is 37.4 Å². The van der Waals surface area contributed by atoms with Crippen molar-refractivity contribution in [2.75, 3.05) is 27.9 Å². The van der Waals surface area contributed by atoms with Gasteiger partial charge in [0.25, 0.3) is 5.91 Å². The highest BCUT2D eigenvalue weighted by molar-refractivity contribution is 6.01. The summed E-state index contributed by atoms with van der Waals surface area (Å²) < 4.78 is 16.0. The van der Waals surface area contributed by atoms with Crippen LogP contribution in [-0.4, -0.2) is 49.8 Å². The summed E-state index contributed by atoms with van der Waals surface area (Å²) in [5.41, 5.74) is 1.43. The van der Waals surface area contributed by atoms with Crippen LogP contribution in [0.2, 0.25) is 0 Å². The molecule has 7 nitrogen and oxygen atoms in total. The molecule has 2 aromatic rings. The fourth-order valence-electron chi connectivity index (χ4n) is 3.66. The Labute approximate surface area is 163 Å². The van der Waals surface area contributed by atoms with E-state index in [0.29, 0.717) is 40.5 Å². The zero-order valence-electron chi connectivity index (χ0n) is 16.3. The summed E-state index contributed by atoms with van der Waals surface area (Å²) in [4.78, 5) is 26.7. The third kappa shape index (κ3) is 3.24. The van der Waals surface area contributed by atoms with Crippen molar-refractivity contribution in [3.63, 3.8) is 0 Å². The summed E-state index contributed by atoms with van der Waals surface area (Å²) in [6, 6.07) is 9.60. The summed E-state index contributed by atoms with van der Waals surface area (Å²) in [5, 5.41) is 10.0. The standard InChI is InChI=1S/C21H23NO6/c1-5-28-13-8-6-12(7-9-13)19-18(21(24)25)14-10-16(26-3)17(27-4)11-15(14)20(23)22(19)2/h6-11,18-19H,5H2,1-4H3,(H,24,25). The van der Waals surface area contributed by atoms with Gasteiger partial charge in [-0.05, 0) is 42.3 Å². The molecule has 0 fully saturated rings. The van der Waals surface area contributed by atoms with Gasteiger partial charge < -0.3 is 24.2 Å². The molecule has 2 atom stereocenters. The van der Waals surface area contributed by atoms with Crippen molar-refractivity contribution < 1.29 is 28.9 Å². The van der Waals surface area contributed by atoms with Crippen LogP contribution in [0.3, 0.4) is 0 Å². The quantitative estimate of drug-likeness (QED) is 0.822. The average molecular weight is 385 g/mol. The first-order valence-corrected chi connectivity index (χ1v) is 8.91. The smallest absolute Gasteiger partial charge is 0.313 e. The van der Waals surface area contributed by atoms with Gasteiger partial charge in [0.1, 0.15) is 11.7 Å². The number of amides is 1. The van der Waals surface area contributed by atoms with Crippen molar-refractivity contribution in [1.29, 1.82) is 0 Å². The molecule has 1 aliphatic rings. The molecule has 2 aromatic carbocycles. The molecule has 7 heteroatoms. The Balaban J connectivity index is 2.15. The third-order valence-electron chi connectivity index (χ3n) is 4.97. The minimum absolute atomic E-state index is 0.271. The lowest BCUT2D eigenvalue weighted by molar-refractivity contribution is -0.140. The van der Waals surface area contributed by atoms with Crippen LogP contribution in [0, 0.1) is 0 Å². The van der Waals surface area contributed by atoms with Crippen LogP contribution in [0.1, 0.15) is 40.4 Å². The van der Waals surface area contributed by atoms with Gasteiger partial charge >= 0.3 is 5.97 Å². The summed E-state index contributed by atoms with van der Waals surface area (Å²) in [6.07, 6.45) is 0. The number of carbonyl (C=O) groups is 2. The maximum absolute atomic E-state index is 13.0. The second-order valence-electron chi connectivity index (χ2n) is 6.47. The van der Waals surface area contributed by atoms with Gasteiger partial charge in [0.05, 0.1) is 26.9 Å². The summed E-state index contributed by atoms with van der Waals surface area (Å²) in [6.45, 7) is 2.43. The molecule has 0 saturated carbocycles. The maximum atomic E-state index is 13.0. The van der Waals surface area contributed by atoms with E-state index in [2.05, 4.69) is 0 Å². The van der Waals surface area contributed by atoms with Gasteiger partial charge in [-0.25, -0.2) is 0 Å². The minimum atomic E-state index is -1.02. The molecule has 0 aromatic heterocycles. The van der Waals surface area contributed by atoms with E-state index in [1.807, 2.05) is 6.92 Å². The number of carboxylic acids is 1. The topological polar surface area (TPSA) is 85.3 Å². The Bertz CT molecular complexity index is 893. The van der Waals surface area contributed by atoms with Crippen molar-refractivity contribution in [2.24, 2.45) is 0 Å². The Morgan fingerprint density at radius 2 is 1.71 bits per heavy atom. The molecule has 3 rings (SSSR count). The summed E-state index contributed by atoms with van der Waals surface area (Å²) in [7, 11) is 4.55. The van der Waals surface area contributed by atoms with Crippen molar-refractivity contribution >= 4 is 11.9 Å². The Kier molecular flexibility index (Phi) is 5.44. The van der Waals surface area contributed by atoms with E-state index in [-0.39, 0.29) is 5.91 Å². The highest BCUT2D eigenvalue weighted by Gasteiger charge is 2.43. The SMILES string of the molecule is CCOc1ccc(C2C(C(=O)O)c3cc(OC)c(OC)cc3C(=O)N2C)cc1. The molecular formula is C21H23NO6. The third-order valence-corrected chi connectivity index (χ3v) is 4.97.